The van der Waals surface area contributed by atoms with E-state index in [9.17, 15) is 9.90 Å². The van der Waals surface area contributed by atoms with Crippen LogP contribution in [0.3, 0.4) is 0 Å². The van der Waals surface area contributed by atoms with Crippen molar-refractivity contribution in [1.29, 1.82) is 0 Å². The van der Waals surface area contributed by atoms with Crippen molar-refractivity contribution in [2.24, 2.45) is 11.7 Å². The number of aromatic hydroxyl groups is 1. The number of phenols is 1. The van der Waals surface area contributed by atoms with Crippen molar-refractivity contribution in [1.82, 2.24) is 4.98 Å². The van der Waals surface area contributed by atoms with Gasteiger partial charge in [0.15, 0.2) is 0 Å². The highest BCUT2D eigenvalue weighted by Crippen LogP contribution is 2.34. The van der Waals surface area contributed by atoms with E-state index in [1.54, 1.807) is 12.1 Å². The fourth-order valence-corrected chi connectivity index (χ4v) is 4.19. The number of fused-ring (bicyclic) bond motifs is 3. The third kappa shape index (κ3) is 2.46. The first-order valence-electron chi connectivity index (χ1n) is 7.81. The lowest BCUT2D eigenvalue weighted by Gasteiger charge is -2.31. The molecule has 0 spiro atoms. The van der Waals surface area contributed by atoms with Crippen LogP contribution in [0.2, 0.25) is 0 Å². The lowest BCUT2D eigenvalue weighted by molar-refractivity contribution is 0.268. The molecule has 4 N–H and O–H groups in total. The van der Waals surface area contributed by atoms with E-state index in [4.69, 9.17) is 5.73 Å². The summed E-state index contributed by atoms with van der Waals surface area (Å²) < 4.78 is 0.697. The van der Waals surface area contributed by atoms with Gasteiger partial charge in [0.1, 0.15) is 10.4 Å². The van der Waals surface area contributed by atoms with Crippen molar-refractivity contribution in [3.8, 4) is 5.75 Å². The molecule has 1 aliphatic carbocycles. The maximum absolute atomic E-state index is 12.1. The van der Waals surface area contributed by atoms with Gasteiger partial charge in [-0.2, -0.15) is 0 Å². The minimum atomic E-state index is -0.0772. The van der Waals surface area contributed by atoms with E-state index in [2.05, 4.69) is 11.1 Å². The van der Waals surface area contributed by atoms with Gasteiger partial charge in [0.05, 0.1) is 0 Å². The van der Waals surface area contributed by atoms with E-state index in [1.165, 1.54) is 11.3 Å². The van der Waals surface area contributed by atoms with Crippen LogP contribution in [0.5, 0.6) is 5.75 Å². The molecule has 2 aromatic heterocycles. The van der Waals surface area contributed by atoms with Crippen LogP contribution in [-0.4, -0.2) is 16.1 Å². The van der Waals surface area contributed by atoms with Crippen LogP contribution in [0, 0.1) is 5.92 Å². The molecule has 2 heterocycles. The summed E-state index contributed by atoms with van der Waals surface area (Å²) in [5, 5.41) is 14.0. The Kier molecular flexibility index (Phi) is 3.47. The van der Waals surface area contributed by atoms with Crippen LogP contribution in [0.4, 0.5) is 0 Å². The molecule has 3 aromatic rings. The lowest BCUT2D eigenvalue weighted by Crippen LogP contribution is -2.35. The van der Waals surface area contributed by atoms with E-state index in [0.717, 1.165) is 41.1 Å². The summed E-state index contributed by atoms with van der Waals surface area (Å²) in [5.41, 5.74) is 7.26. The van der Waals surface area contributed by atoms with Gasteiger partial charge in [0.25, 0.3) is 5.56 Å². The van der Waals surface area contributed by atoms with E-state index < -0.39 is 0 Å². The van der Waals surface area contributed by atoms with Crippen LogP contribution >= 0.6 is 11.3 Å². The molecule has 0 aliphatic heterocycles. The number of H-pyrrole nitrogens is 1. The average Bonchev–Trinajstić information content (AvgIpc) is 2.98. The highest BCUT2D eigenvalue weighted by molar-refractivity contribution is 7.17. The molecule has 1 aromatic carbocycles. The van der Waals surface area contributed by atoms with Crippen LogP contribution in [0.15, 0.2) is 34.4 Å². The molecule has 1 fully saturated rings. The Hall–Kier alpha value is -2.11. The fourth-order valence-electron chi connectivity index (χ4n) is 3.39. The Morgan fingerprint density at radius 1 is 1.35 bits per heavy atom. The summed E-state index contributed by atoms with van der Waals surface area (Å²) in [6, 6.07) is 5.69. The van der Waals surface area contributed by atoms with E-state index in [1.807, 2.05) is 17.5 Å². The molecule has 4 rings (SSSR count). The SMILES string of the molecule is NC1CC(C/C=C/c2c(O)ccc3[nH]c(=O)c4sccc4c23)C1. The summed E-state index contributed by atoms with van der Waals surface area (Å²) in [7, 11) is 0. The zero-order valence-corrected chi connectivity index (χ0v) is 13.4. The number of hydrogen-bond acceptors (Lipinski definition) is 4. The molecule has 1 aliphatic rings. The maximum Gasteiger partial charge on any atom is 0.266 e. The van der Waals surface area contributed by atoms with Gasteiger partial charge in [0, 0.05) is 27.9 Å². The van der Waals surface area contributed by atoms with Crippen molar-refractivity contribution in [2.45, 2.75) is 25.3 Å². The molecule has 1 saturated carbocycles. The van der Waals surface area contributed by atoms with Gasteiger partial charge >= 0.3 is 0 Å². The highest BCUT2D eigenvalue weighted by atomic mass is 32.1. The Balaban J connectivity index is 1.81. The Morgan fingerprint density at radius 2 is 2.17 bits per heavy atom. The maximum atomic E-state index is 12.1. The number of nitrogens with one attached hydrogen (secondary N) is 1. The number of aromatic amines is 1. The first kappa shape index (κ1) is 14.5. The summed E-state index contributed by atoms with van der Waals surface area (Å²) in [6.45, 7) is 0. The van der Waals surface area contributed by atoms with Crippen LogP contribution in [-0.2, 0) is 0 Å². The van der Waals surface area contributed by atoms with Crippen LogP contribution in [0.1, 0.15) is 24.8 Å². The van der Waals surface area contributed by atoms with E-state index in [-0.39, 0.29) is 11.3 Å². The van der Waals surface area contributed by atoms with Crippen molar-refractivity contribution in [2.75, 3.05) is 0 Å². The summed E-state index contributed by atoms with van der Waals surface area (Å²) in [4.78, 5) is 15.0. The van der Waals surface area contributed by atoms with Crippen molar-refractivity contribution in [3.05, 3.63) is 45.6 Å². The smallest absolute Gasteiger partial charge is 0.266 e. The number of aromatic nitrogens is 1. The van der Waals surface area contributed by atoms with E-state index >= 15 is 0 Å². The number of allylic oxidation sites excluding steroid dienone is 1. The fraction of sp³-hybridized carbons (Fsp3) is 0.278. The van der Waals surface area contributed by atoms with E-state index in [0.29, 0.717) is 16.7 Å². The molecule has 4 nitrogen and oxygen atoms in total. The average molecular weight is 326 g/mol. The number of nitrogens with two attached hydrogens (primary N) is 1. The van der Waals surface area contributed by atoms with Crippen molar-refractivity contribution in [3.63, 3.8) is 0 Å². The van der Waals surface area contributed by atoms with Gasteiger partial charge in [-0.25, -0.2) is 0 Å². The third-order valence-corrected chi connectivity index (χ3v) is 5.55. The zero-order valence-electron chi connectivity index (χ0n) is 12.6. The first-order chi connectivity index (χ1) is 11.1. The second-order valence-corrected chi connectivity index (χ2v) is 7.19. The number of phenolic OH excluding ortho intramolecular Hbond substituents is 1. The number of rotatable bonds is 3. The molecule has 0 saturated heterocycles. The van der Waals surface area contributed by atoms with Gasteiger partial charge in [-0.15, -0.1) is 11.3 Å². The Labute approximate surface area is 137 Å². The van der Waals surface area contributed by atoms with Gasteiger partial charge in [0.2, 0.25) is 0 Å². The van der Waals surface area contributed by atoms with Gasteiger partial charge in [-0.1, -0.05) is 12.2 Å². The summed E-state index contributed by atoms with van der Waals surface area (Å²) >= 11 is 1.42. The van der Waals surface area contributed by atoms with Gasteiger partial charge < -0.3 is 15.8 Å². The molecule has 23 heavy (non-hydrogen) atoms. The van der Waals surface area contributed by atoms with Crippen LogP contribution < -0.4 is 11.3 Å². The molecular weight excluding hydrogens is 308 g/mol. The highest BCUT2D eigenvalue weighted by Gasteiger charge is 2.24. The molecule has 118 valence electrons. The topological polar surface area (TPSA) is 79.1 Å². The molecule has 0 bridgehead atoms. The van der Waals surface area contributed by atoms with Crippen molar-refractivity contribution < 1.29 is 5.11 Å². The number of benzene rings is 1. The number of hydrogen-bond donors (Lipinski definition) is 3. The predicted molar refractivity (Wildman–Crippen MR) is 96.0 cm³/mol. The lowest BCUT2D eigenvalue weighted by atomic mass is 9.79. The first-order valence-corrected chi connectivity index (χ1v) is 8.68. The molecule has 5 heteroatoms. The predicted octanol–water partition coefficient (Wildman–Crippen LogP) is 3.59. The number of pyridine rings is 1. The quantitative estimate of drug-likeness (QED) is 0.688. The Bertz CT molecular complexity index is 964. The molecule has 0 radical (unpaired) electrons. The standard InChI is InChI=1S/C18H18N2O2S/c19-11-8-10(9-11)2-1-3-12-15(21)5-4-14-16(12)13-6-7-23-17(13)18(22)20-14/h1,3-7,10-11,21H,2,8-9,19H2,(H,20,22)/b3-1+. The van der Waals surface area contributed by atoms with Crippen molar-refractivity contribution >= 4 is 38.4 Å². The molecule has 0 unspecified atom stereocenters. The van der Waals surface area contributed by atoms with Crippen LogP contribution in [0.25, 0.3) is 27.1 Å². The summed E-state index contributed by atoms with van der Waals surface area (Å²) in [5.74, 6) is 0.887. The minimum absolute atomic E-state index is 0.0772. The third-order valence-electron chi connectivity index (χ3n) is 4.64. The normalized spacial score (nSPS) is 21.3. The zero-order chi connectivity index (χ0) is 16.0. The monoisotopic (exact) mass is 326 g/mol. The molecule has 0 atom stereocenters. The number of thiophene rings is 1. The van der Waals surface area contributed by atoms with Gasteiger partial charge in [-0.3, -0.25) is 4.79 Å². The largest absolute Gasteiger partial charge is 0.507 e. The Morgan fingerprint density at radius 3 is 2.96 bits per heavy atom. The molecule has 0 amide bonds. The second kappa shape index (κ2) is 5.51. The van der Waals surface area contributed by atoms with Gasteiger partial charge in [-0.05, 0) is 48.8 Å². The molecular formula is C18H18N2O2S. The summed E-state index contributed by atoms with van der Waals surface area (Å²) in [6.07, 6.45) is 7.20. The minimum Gasteiger partial charge on any atom is -0.507 e. The second-order valence-electron chi connectivity index (χ2n) is 6.27.